The summed E-state index contributed by atoms with van der Waals surface area (Å²) in [5, 5.41) is 0. The van der Waals surface area contributed by atoms with Crippen LogP contribution in [-0.2, 0) is 29.4 Å². The van der Waals surface area contributed by atoms with Gasteiger partial charge in [0.25, 0.3) is 0 Å². The lowest BCUT2D eigenvalue weighted by Crippen LogP contribution is -2.25. The fourth-order valence-electron chi connectivity index (χ4n) is 2.94. The van der Waals surface area contributed by atoms with Crippen LogP contribution in [0.4, 0.5) is 0 Å². The molecule has 2 aromatic carbocycles. The molecule has 0 bridgehead atoms. The van der Waals surface area contributed by atoms with Gasteiger partial charge in [0.15, 0.2) is 0 Å². The van der Waals surface area contributed by atoms with Gasteiger partial charge in [-0.3, -0.25) is 0 Å². The van der Waals surface area contributed by atoms with Gasteiger partial charge in [-0.05, 0) is 66.6 Å². The maximum atomic E-state index is 12.8. The molecule has 0 fully saturated rings. The zero-order valence-corrected chi connectivity index (χ0v) is 16.5. The van der Waals surface area contributed by atoms with E-state index in [9.17, 15) is 8.42 Å². The van der Waals surface area contributed by atoms with Gasteiger partial charge in [-0.15, -0.1) is 0 Å². The van der Waals surface area contributed by atoms with E-state index in [0.29, 0.717) is 22.8 Å². The molecule has 0 aliphatic heterocycles. The summed E-state index contributed by atoms with van der Waals surface area (Å²) in [7, 11) is -2.00. The number of aryl methyl sites for hydroxylation is 2. The molecule has 0 heterocycles. The molecule has 0 saturated heterocycles. The monoisotopic (exact) mass is 361 g/mol. The number of sulfonamides is 1. The first-order valence-electron chi connectivity index (χ1n) is 8.58. The molecule has 0 aromatic heterocycles. The van der Waals surface area contributed by atoms with Crippen LogP contribution in [0, 0.1) is 13.8 Å². The highest BCUT2D eigenvalue weighted by molar-refractivity contribution is 7.89. The Morgan fingerprint density at radius 3 is 2.28 bits per heavy atom. The van der Waals surface area contributed by atoms with E-state index in [-0.39, 0.29) is 0 Å². The van der Waals surface area contributed by atoms with Crippen LogP contribution in [-0.4, -0.2) is 15.5 Å². The topological polar surface area (TPSA) is 55.4 Å². The number of hydrogen-bond donors (Lipinski definition) is 1. The second kappa shape index (κ2) is 8.02. The summed E-state index contributed by atoms with van der Waals surface area (Å²) in [5.74, 6) is 0.695. The Kier molecular flexibility index (Phi) is 6.25. The SMILES string of the molecule is CCc1ccc(CC)c(CNS(=O)(=O)c2ccc(OC)c(C)c2C)c1. The maximum absolute atomic E-state index is 12.8. The van der Waals surface area contributed by atoms with Crippen molar-refractivity contribution in [2.75, 3.05) is 7.11 Å². The summed E-state index contributed by atoms with van der Waals surface area (Å²) in [6.45, 7) is 8.15. The lowest BCUT2D eigenvalue weighted by atomic mass is 10.0. The van der Waals surface area contributed by atoms with Crippen molar-refractivity contribution < 1.29 is 13.2 Å². The first-order chi connectivity index (χ1) is 11.8. The number of rotatable bonds is 7. The van der Waals surface area contributed by atoms with Crippen LogP contribution >= 0.6 is 0 Å². The second-order valence-corrected chi connectivity index (χ2v) is 7.89. The Labute approximate surface area is 151 Å². The molecule has 2 aromatic rings. The number of nitrogens with one attached hydrogen (secondary N) is 1. The van der Waals surface area contributed by atoms with E-state index in [0.717, 1.165) is 24.0 Å². The Hall–Kier alpha value is -1.85. The van der Waals surface area contributed by atoms with E-state index in [1.54, 1.807) is 19.2 Å². The molecule has 0 saturated carbocycles. The normalized spacial score (nSPS) is 11.6. The van der Waals surface area contributed by atoms with Gasteiger partial charge in [0, 0.05) is 6.54 Å². The van der Waals surface area contributed by atoms with Crippen molar-refractivity contribution >= 4 is 10.0 Å². The van der Waals surface area contributed by atoms with Crippen LogP contribution in [0.3, 0.4) is 0 Å². The van der Waals surface area contributed by atoms with Crippen molar-refractivity contribution in [3.8, 4) is 5.75 Å². The van der Waals surface area contributed by atoms with E-state index in [2.05, 4.69) is 36.8 Å². The molecule has 25 heavy (non-hydrogen) atoms. The van der Waals surface area contributed by atoms with Crippen LogP contribution in [0.1, 0.15) is 41.7 Å². The van der Waals surface area contributed by atoms with Crippen LogP contribution in [0.25, 0.3) is 0 Å². The quantitative estimate of drug-likeness (QED) is 0.813. The fraction of sp³-hybridized carbons (Fsp3) is 0.400. The third-order valence-electron chi connectivity index (χ3n) is 4.71. The van der Waals surface area contributed by atoms with E-state index in [4.69, 9.17) is 4.74 Å². The summed E-state index contributed by atoms with van der Waals surface area (Å²) >= 11 is 0. The molecule has 0 atom stereocenters. The minimum atomic E-state index is -3.59. The van der Waals surface area contributed by atoms with Crippen molar-refractivity contribution in [3.05, 3.63) is 58.1 Å². The highest BCUT2D eigenvalue weighted by atomic mass is 32.2. The summed E-state index contributed by atoms with van der Waals surface area (Å²) in [6.07, 6.45) is 1.81. The molecule has 136 valence electrons. The van der Waals surface area contributed by atoms with Crippen molar-refractivity contribution in [2.45, 2.75) is 52.0 Å². The van der Waals surface area contributed by atoms with E-state index in [1.807, 2.05) is 13.8 Å². The molecular formula is C20H27NO3S. The Bertz CT molecular complexity index is 857. The Morgan fingerprint density at radius 2 is 1.68 bits per heavy atom. The predicted octanol–water partition coefficient (Wildman–Crippen LogP) is 3.92. The molecule has 0 radical (unpaired) electrons. The highest BCUT2D eigenvalue weighted by Crippen LogP contribution is 2.27. The van der Waals surface area contributed by atoms with Gasteiger partial charge in [-0.1, -0.05) is 32.0 Å². The molecule has 0 spiro atoms. The summed E-state index contributed by atoms with van der Waals surface area (Å²) in [6, 6.07) is 9.59. The average Bonchev–Trinajstić information content (AvgIpc) is 2.61. The maximum Gasteiger partial charge on any atom is 0.241 e. The van der Waals surface area contributed by atoms with Crippen molar-refractivity contribution in [2.24, 2.45) is 0 Å². The van der Waals surface area contributed by atoms with E-state index >= 15 is 0 Å². The fourth-order valence-corrected chi connectivity index (χ4v) is 4.25. The lowest BCUT2D eigenvalue weighted by Gasteiger charge is -2.15. The zero-order valence-electron chi connectivity index (χ0n) is 15.6. The van der Waals surface area contributed by atoms with E-state index < -0.39 is 10.0 Å². The van der Waals surface area contributed by atoms with Crippen LogP contribution in [0.5, 0.6) is 5.75 Å². The van der Waals surface area contributed by atoms with Gasteiger partial charge in [-0.25, -0.2) is 13.1 Å². The summed E-state index contributed by atoms with van der Waals surface area (Å²) in [5.41, 5.74) is 4.97. The number of benzene rings is 2. The zero-order chi connectivity index (χ0) is 18.6. The molecular weight excluding hydrogens is 334 g/mol. The molecule has 1 N–H and O–H groups in total. The Balaban J connectivity index is 2.30. The van der Waals surface area contributed by atoms with Crippen molar-refractivity contribution in [3.63, 3.8) is 0 Å². The minimum absolute atomic E-state index is 0.295. The summed E-state index contributed by atoms with van der Waals surface area (Å²) < 4.78 is 33.6. The number of methoxy groups -OCH3 is 1. The first kappa shape index (κ1) is 19.5. The molecule has 4 nitrogen and oxygen atoms in total. The predicted molar refractivity (Wildman–Crippen MR) is 102 cm³/mol. The van der Waals surface area contributed by atoms with Gasteiger partial charge in [0.05, 0.1) is 12.0 Å². The van der Waals surface area contributed by atoms with E-state index in [1.165, 1.54) is 11.1 Å². The molecule has 5 heteroatoms. The van der Waals surface area contributed by atoms with Gasteiger partial charge < -0.3 is 4.74 Å². The lowest BCUT2D eigenvalue weighted by molar-refractivity contribution is 0.410. The molecule has 0 aliphatic carbocycles. The number of hydrogen-bond acceptors (Lipinski definition) is 3. The largest absolute Gasteiger partial charge is 0.496 e. The van der Waals surface area contributed by atoms with Gasteiger partial charge in [-0.2, -0.15) is 0 Å². The Morgan fingerprint density at radius 1 is 0.960 bits per heavy atom. The molecule has 0 unspecified atom stereocenters. The van der Waals surface area contributed by atoms with Crippen LogP contribution in [0.15, 0.2) is 35.2 Å². The number of ether oxygens (including phenoxy) is 1. The third-order valence-corrected chi connectivity index (χ3v) is 6.26. The highest BCUT2D eigenvalue weighted by Gasteiger charge is 2.19. The third kappa shape index (κ3) is 4.22. The van der Waals surface area contributed by atoms with Crippen molar-refractivity contribution in [1.82, 2.24) is 4.72 Å². The first-order valence-corrected chi connectivity index (χ1v) is 10.1. The van der Waals surface area contributed by atoms with Crippen LogP contribution in [0.2, 0.25) is 0 Å². The van der Waals surface area contributed by atoms with Gasteiger partial charge >= 0.3 is 0 Å². The standard InChI is InChI=1S/C20H27NO3S/c1-6-16-8-9-17(7-2)18(12-16)13-21-25(22,23)20-11-10-19(24-5)14(3)15(20)4/h8-12,21H,6-7,13H2,1-5H3. The summed E-state index contributed by atoms with van der Waals surface area (Å²) in [4.78, 5) is 0.301. The molecule has 2 rings (SSSR count). The minimum Gasteiger partial charge on any atom is -0.496 e. The molecule has 0 amide bonds. The van der Waals surface area contributed by atoms with Crippen molar-refractivity contribution in [1.29, 1.82) is 0 Å². The second-order valence-electron chi connectivity index (χ2n) is 6.15. The van der Waals surface area contributed by atoms with Gasteiger partial charge in [0.1, 0.15) is 5.75 Å². The van der Waals surface area contributed by atoms with Gasteiger partial charge in [0.2, 0.25) is 10.0 Å². The molecule has 0 aliphatic rings. The van der Waals surface area contributed by atoms with Crippen LogP contribution < -0.4 is 9.46 Å². The smallest absolute Gasteiger partial charge is 0.241 e. The average molecular weight is 362 g/mol.